The maximum Gasteiger partial charge on any atom is 0.224 e. The Bertz CT molecular complexity index is 451. The van der Waals surface area contributed by atoms with Gasteiger partial charge in [0.25, 0.3) is 0 Å². The summed E-state index contributed by atoms with van der Waals surface area (Å²) in [6, 6.07) is 0. The molecule has 1 aromatic rings. The molecule has 2 N–H and O–H groups in total. The number of rotatable bonds is 5. The summed E-state index contributed by atoms with van der Waals surface area (Å²) in [5.41, 5.74) is 0. The summed E-state index contributed by atoms with van der Waals surface area (Å²) in [5, 5.41) is 7.13. The lowest BCUT2D eigenvalue weighted by Gasteiger charge is -2.22. The number of aromatic nitrogens is 2. The highest BCUT2D eigenvalue weighted by atomic mass is 35.5. The van der Waals surface area contributed by atoms with Crippen LogP contribution in [-0.4, -0.2) is 23.1 Å². The minimum absolute atomic E-state index is 0.602. The monoisotopic (exact) mass is 280 g/mol. The molecule has 0 amide bonds. The summed E-state index contributed by atoms with van der Waals surface area (Å²) in [6.07, 6.45) is 7.33. The zero-order chi connectivity index (χ0) is 13.2. The molecule has 0 spiro atoms. The Labute approximate surface area is 119 Å². The molecule has 0 saturated heterocycles. The molecule has 2 aliphatic rings. The second-order valence-corrected chi connectivity index (χ2v) is 6.14. The van der Waals surface area contributed by atoms with Gasteiger partial charge in [-0.25, -0.2) is 4.98 Å². The fourth-order valence-corrected chi connectivity index (χ4v) is 3.75. The van der Waals surface area contributed by atoms with Gasteiger partial charge < -0.3 is 10.6 Å². The summed E-state index contributed by atoms with van der Waals surface area (Å²) in [7, 11) is 0. The van der Waals surface area contributed by atoms with Gasteiger partial charge in [0.2, 0.25) is 5.95 Å². The lowest BCUT2D eigenvalue weighted by atomic mass is 9.89. The van der Waals surface area contributed by atoms with Crippen molar-refractivity contribution in [2.75, 3.05) is 23.7 Å². The van der Waals surface area contributed by atoms with E-state index in [0.717, 1.165) is 36.7 Å². The molecule has 1 aromatic heterocycles. The fourth-order valence-electron chi connectivity index (χ4n) is 3.59. The highest BCUT2D eigenvalue weighted by Gasteiger charge is 2.39. The van der Waals surface area contributed by atoms with E-state index < -0.39 is 0 Å². The number of hydrogen-bond acceptors (Lipinski definition) is 4. The van der Waals surface area contributed by atoms with E-state index in [4.69, 9.17) is 11.6 Å². The van der Waals surface area contributed by atoms with Gasteiger partial charge in [0, 0.05) is 13.1 Å². The van der Waals surface area contributed by atoms with Crippen molar-refractivity contribution >= 4 is 23.4 Å². The second-order valence-electron chi connectivity index (χ2n) is 5.74. The van der Waals surface area contributed by atoms with E-state index in [1.54, 1.807) is 6.20 Å². The van der Waals surface area contributed by atoms with Crippen molar-refractivity contribution in [1.82, 2.24) is 9.97 Å². The fraction of sp³-hybridized carbons (Fsp3) is 0.714. The van der Waals surface area contributed by atoms with Crippen molar-refractivity contribution in [3.63, 3.8) is 0 Å². The van der Waals surface area contributed by atoms with Crippen LogP contribution in [0.1, 0.15) is 32.6 Å². The first-order chi connectivity index (χ1) is 9.26. The van der Waals surface area contributed by atoms with E-state index in [9.17, 15) is 0 Å². The van der Waals surface area contributed by atoms with Crippen LogP contribution in [0.3, 0.4) is 0 Å². The van der Waals surface area contributed by atoms with Crippen LogP contribution >= 0.6 is 11.6 Å². The van der Waals surface area contributed by atoms with E-state index >= 15 is 0 Å². The standard InChI is InChI=1S/C14H21ClN4/c1-2-16-14-18-8-12(15)13(19-14)17-7-11-6-9-3-4-10(11)5-9/h8-11H,2-7H2,1H3,(H2,16,17,18,19). The molecule has 0 aromatic carbocycles. The highest BCUT2D eigenvalue weighted by molar-refractivity contribution is 6.32. The first kappa shape index (κ1) is 13.0. The van der Waals surface area contributed by atoms with Gasteiger partial charge in [-0.1, -0.05) is 18.0 Å². The van der Waals surface area contributed by atoms with Crippen LogP contribution in [0.2, 0.25) is 5.02 Å². The first-order valence-electron chi connectivity index (χ1n) is 7.26. The lowest BCUT2D eigenvalue weighted by Crippen LogP contribution is -2.21. The molecule has 1 heterocycles. The zero-order valence-electron chi connectivity index (χ0n) is 11.3. The number of fused-ring (bicyclic) bond motifs is 2. The van der Waals surface area contributed by atoms with Gasteiger partial charge in [0.05, 0.1) is 6.20 Å². The molecule has 3 atom stereocenters. The third-order valence-electron chi connectivity index (χ3n) is 4.50. The predicted molar refractivity (Wildman–Crippen MR) is 78.6 cm³/mol. The molecule has 2 bridgehead atoms. The van der Waals surface area contributed by atoms with Crippen molar-refractivity contribution in [2.45, 2.75) is 32.6 Å². The van der Waals surface area contributed by atoms with Crippen molar-refractivity contribution in [3.05, 3.63) is 11.2 Å². The van der Waals surface area contributed by atoms with E-state index in [-0.39, 0.29) is 0 Å². The molecule has 5 heteroatoms. The molecule has 104 valence electrons. The number of hydrogen-bond donors (Lipinski definition) is 2. The van der Waals surface area contributed by atoms with E-state index in [1.807, 2.05) is 6.92 Å². The quantitative estimate of drug-likeness (QED) is 0.868. The molecule has 4 nitrogen and oxygen atoms in total. The summed E-state index contributed by atoms with van der Waals surface area (Å²) < 4.78 is 0. The lowest BCUT2D eigenvalue weighted by molar-refractivity contribution is 0.348. The number of nitrogens with zero attached hydrogens (tertiary/aromatic N) is 2. The van der Waals surface area contributed by atoms with Crippen LogP contribution in [0.4, 0.5) is 11.8 Å². The van der Waals surface area contributed by atoms with Gasteiger partial charge in [0.15, 0.2) is 0 Å². The van der Waals surface area contributed by atoms with Crippen LogP contribution in [0, 0.1) is 17.8 Å². The summed E-state index contributed by atoms with van der Waals surface area (Å²) >= 11 is 6.15. The van der Waals surface area contributed by atoms with Gasteiger partial charge in [-0.3, -0.25) is 0 Å². The molecule has 3 unspecified atom stereocenters. The first-order valence-corrected chi connectivity index (χ1v) is 7.64. The molecular weight excluding hydrogens is 260 g/mol. The second kappa shape index (κ2) is 5.53. The Balaban J connectivity index is 1.61. The van der Waals surface area contributed by atoms with Crippen molar-refractivity contribution in [2.24, 2.45) is 17.8 Å². The third kappa shape index (κ3) is 2.78. The van der Waals surface area contributed by atoms with Crippen LogP contribution in [0.5, 0.6) is 0 Å². The molecule has 19 heavy (non-hydrogen) atoms. The Morgan fingerprint density at radius 1 is 1.32 bits per heavy atom. The molecule has 2 aliphatic carbocycles. The van der Waals surface area contributed by atoms with E-state index in [0.29, 0.717) is 11.0 Å². The number of halogens is 1. The minimum atomic E-state index is 0.602. The van der Waals surface area contributed by atoms with Gasteiger partial charge in [-0.2, -0.15) is 4.98 Å². The van der Waals surface area contributed by atoms with Crippen molar-refractivity contribution < 1.29 is 0 Å². The zero-order valence-corrected chi connectivity index (χ0v) is 12.1. The highest BCUT2D eigenvalue weighted by Crippen LogP contribution is 2.48. The molecule has 0 radical (unpaired) electrons. The molecular formula is C14H21ClN4. The van der Waals surface area contributed by atoms with Crippen LogP contribution in [0.25, 0.3) is 0 Å². The van der Waals surface area contributed by atoms with Gasteiger partial charge in [-0.05, 0) is 43.9 Å². The van der Waals surface area contributed by atoms with Gasteiger partial charge in [-0.15, -0.1) is 0 Å². The predicted octanol–water partition coefficient (Wildman–Crippen LogP) is 3.41. The Hall–Kier alpha value is -1.03. The maximum atomic E-state index is 6.15. The van der Waals surface area contributed by atoms with Crippen LogP contribution in [-0.2, 0) is 0 Å². The molecule has 2 saturated carbocycles. The normalized spacial score (nSPS) is 28.6. The Kier molecular flexibility index (Phi) is 3.78. The summed E-state index contributed by atoms with van der Waals surface area (Å²) in [6.45, 7) is 3.83. The smallest absolute Gasteiger partial charge is 0.224 e. The van der Waals surface area contributed by atoms with Gasteiger partial charge >= 0.3 is 0 Å². The summed E-state index contributed by atoms with van der Waals surface area (Å²) in [4.78, 5) is 8.57. The average molecular weight is 281 g/mol. The molecule has 2 fully saturated rings. The number of anilines is 2. The largest absolute Gasteiger partial charge is 0.368 e. The average Bonchev–Trinajstić information content (AvgIpc) is 3.02. The Morgan fingerprint density at radius 2 is 2.21 bits per heavy atom. The van der Waals surface area contributed by atoms with Crippen LogP contribution < -0.4 is 10.6 Å². The topological polar surface area (TPSA) is 49.8 Å². The van der Waals surface area contributed by atoms with Crippen molar-refractivity contribution in [3.8, 4) is 0 Å². The van der Waals surface area contributed by atoms with Crippen molar-refractivity contribution in [1.29, 1.82) is 0 Å². The number of nitrogens with one attached hydrogen (secondary N) is 2. The van der Waals surface area contributed by atoms with Gasteiger partial charge in [0.1, 0.15) is 10.8 Å². The summed E-state index contributed by atoms with van der Waals surface area (Å²) in [5.74, 6) is 4.10. The SMILES string of the molecule is CCNc1ncc(Cl)c(NCC2CC3CCC2C3)n1. The molecule has 0 aliphatic heterocycles. The van der Waals surface area contributed by atoms with E-state index in [2.05, 4.69) is 20.6 Å². The Morgan fingerprint density at radius 3 is 2.89 bits per heavy atom. The van der Waals surface area contributed by atoms with E-state index in [1.165, 1.54) is 25.7 Å². The van der Waals surface area contributed by atoms with Crippen LogP contribution in [0.15, 0.2) is 6.20 Å². The maximum absolute atomic E-state index is 6.15. The minimum Gasteiger partial charge on any atom is -0.368 e. The third-order valence-corrected chi connectivity index (χ3v) is 4.77. The molecule has 3 rings (SSSR count).